The molecule has 0 saturated carbocycles. The van der Waals surface area contributed by atoms with Gasteiger partial charge in [0.25, 0.3) is 0 Å². The summed E-state index contributed by atoms with van der Waals surface area (Å²) in [4.78, 5) is 0. The van der Waals surface area contributed by atoms with Gasteiger partial charge >= 0.3 is 6.36 Å². The molecule has 2 aromatic carbocycles. The van der Waals surface area contributed by atoms with Crippen molar-refractivity contribution in [2.45, 2.75) is 12.4 Å². The van der Waals surface area contributed by atoms with Crippen molar-refractivity contribution in [3.8, 4) is 5.75 Å². The minimum Gasteiger partial charge on any atom is -0.406 e. The number of rotatable bonds is 4. The van der Waals surface area contributed by atoms with E-state index in [1.165, 1.54) is 18.2 Å². The van der Waals surface area contributed by atoms with Crippen LogP contribution in [0.1, 0.15) is 17.2 Å². The highest BCUT2D eigenvalue weighted by molar-refractivity contribution is 14.1. The van der Waals surface area contributed by atoms with Gasteiger partial charge in [-0.15, -0.1) is 13.2 Å². The van der Waals surface area contributed by atoms with Crippen molar-refractivity contribution in [3.63, 3.8) is 0 Å². The zero-order valence-electron chi connectivity index (χ0n) is 10.7. The van der Waals surface area contributed by atoms with Crippen LogP contribution in [0.3, 0.4) is 0 Å². The molecular formula is C14H12F3IN2O. The molecule has 21 heavy (non-hydrogen) atoms. The van der Waals surface area contributed by atoms with Crippen LogP contribution in [0.4, 0.5) is 13.2 Å². The van der Waals surface area contributed by atoms with Crippen molar-refractivity contribution < 1.29 is 17.9 Å². The van der Waals surface area contributed by atoms with Crippen LogP contribution in [0.5, 0.6) is 5.75 Å². The largest absolute Gasteiger partial charge is 0.573 e. The van der Waals surface area contributed by atoms with Crippen LogP contribution >= 0.6 is 22.6 Å². The van der Waals surface area contributed by atoms with E-state index in [0.717, 1.165) is 9.13 Å². The summed E-state index contributed by atoms with van der Waals surface area (Å²) < 4.78 is 41.7. The van der Waals surface area contributed by atoms with E-state index in [1.807, 2.05) is 24.3 Å². The van der Waals surface area contributed by atoms with Crippen LogP contribution in [0.2, 0.25) is 0 Å². The second kappa shape index (κ2) is 6.63. The van der Waals surface area contributed by atoms with Crippen molar-refractivity contribution in [1.29, 1.82) is 0 Å². The lowest BCUT2D eigenvalue weighted by Gasteiger charge is -2.18. The zero-order valence-corrected chi connectivity index (χ0v) is 12.9. The number of halogens is 4. The Morgan fingerprint density at radius 3 is 2.24 bits per heavy atom. The monoisotopic (exact) mass is 408 g/mol. The molecule has 0 aromatic heterocycles. The lowest BCUT2D eigenvalue weighted by atomic mass is 9.99. The predicted octanol–water partition coefficient (Wildman–Crippen LogP) is 3.74. The molecule has 1 atom stereocenters. The molecular weight excluding hydrogens is 396 g/mol. The fraction of sp³-hybridized carbons (Fsp3) is 0.143. The molecule has 0 aliphatic heterocycles. The molecule has 2 aromatic rings. The summed E-state index contributed by atoms with van der Waals surface area (Å²) in [6.45, 7) is 0. The van der Waals surface area contributed by atoms with E-state index in [9.17, 15) is 13.2 Å². The highest BCUT2D eigenvalue weighted by atomic mass is 127. The zero-order chi connectivity index (χ0) is 15.5. The quantitative estimate of drug-likeness (QED) is 0.461. The van der Waals surface area contributed by atoms with Crippen LogP contribution in [-0.4, -0.2) is 6.36 Å². The SMILES string of the molecule is NNC(c1cccc(I)c1)c1cccc(OC(F)(F)F)c1. The number of hydrazine groups is 1. The molecule has 0 bridgehead atoms. The van der Waals surface area contributed by atoms with Gasteiger partial charge in [0.2, 0.25) is 0 Å². The minimum atomic E-state index is -4.72. The maximum absolute atomic E-state index is 12.3. The fourth-order valence-electron chi connectivity index (χ4n) is 1.96. The Bertz CT molecular complexity index is 619. The Morgan fingerprint density at radius 2 is 1.67 bits per heavy atom. The van der Waals surface area contributed by atoms with Gasteiger partial charge in [-0.25, -0.2) is 5.43 Å². The van der Waals surface area contributed by atoms with Gasteiger partial charge in [-0.3, -0.25) is 5.84 Å². The van der Waals surface area contributed by atoms with E-state index in [0.29, 0.717) is 5.56 Å². The van der Waals surface area contributed by atoms with Gasteiger partial charge in [-0.1, -0.05) is 24.3 Å². The molecule has 3 nitrogen and oxygen atoms in total. The summed E-state index contributed by atoms with van der Waals surface area (Å²) >= 11 is 2.16. The Morgan fingerprint density at radius 1 is 1.05 bits per heavy atom. The lowest BCUT2D eigenvalue weighted by molar-refractivity contribution is -0.274. The van der Waals surface area contributed by atoms with Crippen molar-refractivity contribution in [2.75, 3.05) is 0 Å². The Labute approximate surface area is 133 Å². The number of alkyl halides is 3. The number of nitrogens with one attached hydrogen (secondary N) is 1. The van der Waals surface area contributed by atoms with Gasteiger partial charge in [0.1, 0.15) is 5.75 Å². The summed E-state index contributed by atoms with van der Waals surface area (Å²) in [5.74, 6) is 5.28. The predicted molar refractivity (Wildman–Crippen MR) is 81.5 cm³/mol. The first-order valence-electron chi connectivity index (χ1n) is 5.96. The number of benzene rings is 2. The van der Waals surface area contributed by atoms with Crippen LogP contribution in [0.15, 0.2) is 48.5 Å². The standard InChI is InChI=1S/C14H12F3IN2O/c15-14(16,17)21-12-6-2-4-10(8-12)13(20-19)9-3-1-5-11(18)7-9/h1-8,13,20H,19H2. The molecule has 0 fully saturated rings. The molecule has 1 unspecified atom stereocenters. The van der Waals surface area contributed by atoms with E-state index in [-0.39, 0.29) is 5.75 Å². The second-order valence-electron chi connectivity index (χ2n) is 4.27. The van der Waals surface area contributed by atoms with E-state index < -0.39 is 12.4 Å². The third-order valence-corrected chi connectivity index (χ3v) is 3.44. The molecule has 0 saturated heterocycles. The summed E-state index contributed by atoms with van der Waals surface area (Å²) in [6, 6.07) is 12.9. The van der Waals surface area contributed by atoms with Crippen molar-refractivity contribution in [3.05, 3.63) is 63.2 Å². The highest BCUT2D eigenvalue weighted by Gasteiger charge is 2.31. The first-order chi connectivity index (χ1) is 9.89. The summed E-state index contributed by atoms with van der Waals surface area (Å²) in [5.41, 5.74) is 4.05. The van der Waals surface area contributed by atoms with Gasteiger partial charge in [-0.05, 0) is 58.0 Å². The lowest BCUT2D eigenvalue weighted by Crippen LogP contribution is -2.29. The normalized spacial score (nSPS) is 13.0. The Balaban J connectivity index is 2.32. The average molecular weight is 408 g/mol. The molecule has 7 heteroatoms. The summed E-state index contributed by atoms with van der Waals surface area (Å²) in [6.07, 6.45) is -4.72. The average Bonchev–Trinajstić information content (AvgIpc) is 2.38. The van der Waals surface area contributed by atoms with Gasteiger partial charge < -0.3 is 4.74 Å². The smallest absolute Gasteiger partial charge is 0.406 e. The van der Waals surface area contributed by atoms with Gasteiger partial charge in [-0.2, -0.15) is 0 Å². The molecule has 3 N–H and O–H groups in total. The number of hydrogen-bond acceptors (Lipinski definition) is 3. The summed E-state index contributed by atoms with van der Waals surface area (Å²) in [5, 5.41) is 0. The minimum absolute atomic E-state index is 0.272. The molecule has 0 radical (unpaired) electrons. The second-order valence-corrected chi connectivity index (χ2v) is 5.52. The van der Waals surface area contributed by atoms with Crippen LogP contribution in [0, 0.1) is 3.57 Å². The van der Waals surface area contributed by atoms with Gasteiger partial charge in [0.15, 0.2) is 0 Å². The Hall–Kier alpha value is -1.32. The Kier molecular flexibility index (Phi) is 5.07. The first kappa shape index (κ1) is 16.1. The molecule has 0 amide bonds. The van der Waals surface area contributed by atoms with Crippen molar-refractivity contribution in [2.24, 2.45) is 5.84 Å². The number of ether oxygens (including phenoxy) is 1. The molecule has 0 spiro atoms. The molecule has 0 aliphatic rings. The highest BCUT2D eigenvalue weighted by Crippen LogP contribution is 2.28. The van der Waals surface area contributed by atoms with Crippen LogP contribution < -0.4 is 16.0 Å². The van der Waals surface area contributed by atoms with E-state index in [1.54, 1.807) is 6.07 Å². The topological polar surface area (TPSA) is 47.3 Å². The molecule has 0 heterocycles. The van der Waals surface area contributed by atoms with Crippen molar-refractivity contribution in [1.82, 2.24) is 5.43 Å². The van der Waals surface area contributed by atoms with Crippen LogP contribution in [-0.2, 0) is 0 Å². The first-order valence-corrected chi connectivity index (χ1v) is 7.04. The van der Waals surface area contributed by atoms with E-state index in [2.05, 4.69) is 32.8 Å². The maximum atomic E-state index is 12.3. The van der Waals surface area contributed by atoms with E-state index >= 15 is 0 Å². The van der Waals surface area contributed by atoms with Crippen molar-refractivity contribution >= 4 is 22.6 Å². The summed E-state index contributed by atoms with van der Waals surface area (Å²) in [7, 11) is 0. The number of hydrogen-bond donors (Lipinski definition) is 2. The van der Waals surface area contributed by atoms with E-state index in [4.69, 9.17) is 5.84 Å². The molecule has 0 aliphatic carbocycles. The third-order valence-electron chi connectivity index (χ3n) is 2.77. The van der Waals surface area contributed by atoms with Crippen LogP contribution in [0.25, 0.3) is 0 Å². The van der Waals surface area contributed by atoms with Gasteiger partial charge in [0, 0.05) is 3.57 Å². The number of nitrogens with two attached hydrogens (primary N) is 1. The maximum Gasteiger partial charge on any atom is 0.573 e. The third kappa shape index (κ3) is 4.58. The fourth-order valence-corrected chi connectivity index (χ4v) is 2.53. The molecule has 2 rings (SSSR count). The molecule has 112 valence electrons. The van der Waals surface area contributed by atoms with Gasteiger partial charge in [0.05, 0.1) is 6.04 Å².